The Morgan fingerprint density at radius 1 is 1.27 bits per heavy atom. The van der Waals surface area contributed by atoms with Crippen LogP contribution in [-0.2, 0) is 21.8 Å². The molecular formula is C21H18Cl2N2O5. The molecule has 1 fully saturated rings. The van der Waals surface area contributed by atoms with Crippen molar-refractivity contribution in [1.29, 1.82) is 0 Å². The Bertz CT molecular complexity index is 1030. The standard InChI is InChI=1S/C21H18Cl2N2O5/c22-15-3-6-18(19(23)9-15)21(12-25-8-7-24-13-25)29-11-17(30-21)10-28-16-4-1-14(2-5-16)20(26)27/h1-9,13,17H,10-12H2,(H,26,27). The minimum Gasteiger partial charge on any atom is -0.491 e. The van der Waals surface area contributed by atoms with Gasteiger partial charge in [-0.05, 0) is 36.4 Å². The number of carboxylic acid groups (broad SMARTS) is 1. The molecular weight excluding hydrogens is 431 g/mol. The third kappa shape index (κ3) is 4.44. The molecule has 3 aromatic rings. The number of hydrogen-bond acceptors (Lipinski definition) is 5. The molecule has 7 nitrogen and oxygen atoms in total. The van der Waals surface area contributed by atoms with Crippen LogP contribution >= 0.6 is 23.2 Å². The molecule has 1 N–H and O–H groups in total. The Balaban J connectivity index is 1.50. The van der Waals surface area contributed by atoms with Crippen molar-refractivity contribution >= 4 is 29.2 Å². The Morgan fingerprint density at radius 2 is 2.07 bits per heavy atom. The minimum atomic E-state index is -1.12. The lowest BCUT2D eigenvalue weighted by Gasteiger charge is -2.30. The van der Waals surface area contributed by atoms with E-state index in [4.69, 9.17) is 42.5 Å². The summed E-state index contributed by atoms with van der Waals surface area (Å²) in [4.78, 5) is 15.0. The molecule has 0 amide bonds. The third-order valence-electron chi connectivity index (χ3n) is 4.69. The lowest BCUT2D eigenvalue weighted by atomic mass is 10.1. The molecule has 1 aliphatic rings. The van der Waals surface area contributed by atoms with Crippen molar-refractivity contribution in [3.63, 3.8) is 0 Å². The second kappa shape index (κ2) is 8.65. The molecule has 1 aromatic heterocycles. The number of carboxylic acids is 1. The van der Waals surface area contributed by atoms with E-state index in [9.17, 15) is 4.79 Å². The summed E-state index contributed by atoms with van der Waals surface area (Å²) in [6, 6.07) is 11.4. The monoisotopic (exact) mass is 448 g/mol. The second-order valence-electron chi connectivity index (χ2n) is 6.80. The van der Waals surface area contributed by atoms with Gasteiger partial charge >= 0.3 is 5.97 Å². The highest BCUT2D eigenvalue weighted by atomic mass is 35.5. The van der Waals surface area contributed by atoms with E-state index in [0.29, 0.717) is 34.5 Å². The van der Waals surface area contributed by atoms with Gasteiger partial charge in [-0.1, -0.05) is 29.3 Å². The molecule has 2 heterocycles. The number of aromatic carboxylic acids is 1. The second-order valence-corrected chi connectivity index (χ2v) is 7.65. The van der Waals surface area contributed by atoms with Crippen molar-refractivity contribution in [2.45, 2.75) is 18.4 Å². The molecule has 0 radical (unpaired) electrons. The zero-order chi connectivity index (χ0) is 21.1. The topological polar surface area (TPSA) is 82.8 Å². The van der Waals surface area contributed by atoms with Gasteiger partial charge in [-0.25, -0.2) is 9.78 Å². The Labute approximate surface area is 182 Å². The first kappa shape index (κ1) is 20.7. The number of rotatable bonds is 7. The summed E-state index contributed by atoms with van der Waals surface area (Å²) in [5.74, 6) is -1.57. The normalized spacial score (nSPS) is 20.9. The summed E-state index contributed by atoms with van der Waals surface area (Å²) in [6.45, 7) is 0.863. The molecule has 0 bridgehead atoms. The van der Waals surface area contributed by atoms with Gasteiger partial charge in [0, 0.05) is 23.0 Å². The number of imidazole rings is 1. The molecule has 0 spiro atoms. The molecule has 156 valence electrons. The molecule has 1 saturated heterocycles. The van der Waals surface area contributed by atoms with Crippen LogP contribution in [0.4, 0.5) is 0 Å². The van der Waals surface area contributed by atoms with Gasteiger partial charge in [0.25, 0.3) is 0 Å². The summed E-state index contributed by atoms with van der Waals surface area (Å²) in [5.41, 5.74) is 0.857. The van der Waals surface area contributed by atoms with Crippen LogP contribution in [0.15, 0.2) is 61.2 Å². The lowest BCUT2D eigenvalue weighted by molar-refractivity contribution is -0.189. The summed E-state index contributed by atoms with van der Waals surface area (Å²) in [7, 11) is 0. The number of nitrogens with zero attached hydrogens (tertiary/aromatic N) is 2. The average Bonchev–Trinajstić information content (AvgIpc) is 3.37. The van der Waals surface area contributed by atoms with E-state index in [1.165, 1.54) is 12.1 Å². The van der Waals surface area contributed by atoms with Crippen molar-refractivity contribution in [1.82, 2.24) is 9.55 Å². The van der Waals surface area contributed by atoms with E-state index in [1.54, 1.807) is 42.9 Å². The number of ether oxygens (including phenoxy) is 3. The van der Waals surface area contributed by atoms with E-state index in [1.807, 2.05) is 10.8 Å². The first-order valence-electron chi connectivity index (χ1n) is 9.14. The number of aromatic nitrogens is 2. The SMILES string of the molecule is O=C(O)c1ccc(OCC2COC(Cn3ccnc3)(c3ccc(Cl)cc3Cl)O2)cc1. The molecule has 9 heteroatoms. The maximum Gasteiger partial charge on any atom is 0.335 e. The summed E-state index contributed by atoms with van der Waals surface area (Å²) >= 11 is 12.5. The smallest absolute Gasteiger partial charge is 0.335 e. The maximum atomic E-state index is 11.0. The van der Waals surface area contributed by atoms with Crippen LogP contribution in [0.25, 0.3) is 0 Å². The predicted molar refractivity (Wildman–Crippen MR) is 110 cm³/mol. The van der Waals surface area contributed by atoms with E-state index >= 15 is 0 Å². The largest absolute Gasteiger partial charge is 0.491 e. The molecule has 2 atom stereocenters. The van der Waals surface area contributed by atoms with Crippen molar-refractivity contribution in [2.24, 2.45) is 0 Å². The highest BCUT2D eigenvalue weighted by Crippen LogP contribution is 2.40. The average molecular weight is 449 g/mol. The van der Waals surface area contributed by atoms with Crippen LogP contribution in [0.5, 0.6) is 5.75 Å². The molecule has 4 rings (SSSR count). The van der Waals surface area contributed by atoms with Gasteiger partial charge in [-0.15, -0.1) is 0 Å². The lowest BCUT2D eigenvalue weighted by Crippen LogP contribution is -2.34. The van der Waals surface area contributed by atoms with Gasteiger partial charge in [-0.3, -0.25) is 0 Å². The van der Waals surface area contributed by atoms with Gasteiger partial charge in [-0.2, -0.15) is 0 Å². The number of halogens is 2. The fraction of sp³-hybridized carbons (Fsp3) is 0.238. The van der Waals surface area contributed by atoms with Crippen LogP contribution in [0, 0.1) is 0 Å². The Morgan fingerprint density at radius 3 is 2.73 bits per heavy atom. The molecule has 0 saturated carbocycles. The maximum absolute atomic E-state index is 11.0. The van der Waals surface area contributed by atoms with Gasteiger partial charge in [0.1, 0.15) is 18.5 Å². The Hall–Kier alpha value is -2.58. The van der Waals surface area contributed by atoms with Crippen LogP contribution in [-0.4, -0.2) is 39.9 Å². The van der Waals surface area contributed by atoms with Crippen molar-refractivity contribution in [3.05, 3.63) is 82.4 Å². The van der Waals surface area contributed by atoms with E-state index < -0.39 is 11.8 Å². The first-order chi connectivity index (χ1) is 14.4. The number of benzene rings is 2. The van der Waals surface area contributed by atoms with E-state index in [-0.39, 0.29) is 18.3 Å². The third-order valence-corrected chi connectivity index (χ3v) is 5.24. The van der Waals surface area contributed by atoms with Gasteiger partial charge in [0.15, 0.2) is 0 Å². The summed E-state index contributed by atoms with van der Waals surface area (Å²) in [5, 5.41) is 9.94. The van der Waals surface area contributed by atoms with Gasteiger partial charge < -0.3 is 23.9 Å². The number of hydrogen-bond donors (Lipinski definition) is 1. The van der Waals surface area contributed by atoms with Crippen molar-refractivity contribution in [2.75, 3.05) is 13.2 Å². The van der Waals surface area contributed by atoms with Gasteiger partial charge in [0.2, 0.25) is 5.79 Å². The van der Waals surface area contributed by atoms with Crippen LogP contribution < -0.4 is 4.74 Å². The first-order valence-corrected chi connectivity index (χ1v) is 9.90. The fourth-order valence-electron chi connectivity index (χ4n) is 3.26. The molecule has 2 unspecified atom stereocenters. The molecule has 30 heavy (non-hydrogen) atoms. The van der Waals surface area contributed by atoms with Crippen LogP contribution in [0.3, 0.4) is 0 Å². The number of carbonyl (C=O) groups is 1. The van der Waals surface area contributed by atoms with Crippen LogP contribution in [0.1, 0.15) is 15.9 Å². The van der Waals surface area contributed by atoms with Crippen molar-refractivity contribution < 1.29 is 24.1 Å². The predicted octanol–water partition coefficient (Wildman–Crippen LogP) is 4.24. The zero-order valence-corrected chi connectivity index (χ0v) is 17.2. The minimum absolute atomic E-state index is 0.194. The highest BCUT2D eigenvalue weighted by molar-refractivity contribution is 6.35. The molecule has 0 aliphatic carbocycles. The molecule has 1 aliphatic heterocycles. The van der Waals surface area contributed by atoms with Crippen LogP contribution in [0.2, 0.25) is 10.0 Å². The summed E-state index contributed by atoms with van der Waals surface area (Å²) in [6.07, 6.45) is 4.80. The van der Waals surface area contributed by atoms with E-state index in [2.05, 4.69) is 4.98 Å². The van der Waals surface area contributed by atoms with Crippen molar-refractivity contribution in [3.8, 4) is 5.75 Å². The quantitative estimate of drug-likeness (QED) is 0.581. The van der Waals surface area contributed by atoms with Gasteiger partial charge in [0.05, 0.1) is 30.1 Å². The summed E-state index contributed by atoms with van der Waals surface area (Å²) < 4.78 is 20.0. The Kier molecular flexibility index (Phi) is 5.97. The zero-order valence-electron chi connectivity index (χ0n) is 15.7. The highest BCUT2D eigenvalue weighted by Gasteiger charge is 2.45. The van der Waals surface area contributed by atoms with E-state index in [0.717, 1.165) is 0 Å². The fourth-order valence-corrected chi connectivity index (χ4v) is 3.81. The molecule has 2 aromatic carbocycles.